The fourth-order valence-corrected chi connectivity index (χ4v) is 1.75. The lowest BCUT2D eigenvalue weighted by molar-refractivity contribution is 0.106. The standard InChI is InChI=1S/C16H14ClN3O2/c1-22-18-11-15(16(21)12-5-3-2-4-6-12)20-19-14-9-7-13(17)8-10-14/h2-11,19H,1H3/b18-11-,20-15-. The lowest BCUT2D eigenvalue weighted by Crippen LogP contribution is -2.17. The molecule has 2 aromatic carbocycles. The van der Waals surface area contributed by atoms with E-state index in [1.165, 1.54) is 13.3 Å². The van der Waals surface area contributed by atoms with Crippen molar-refractivity contribution in [2.24, 2.45) is 10.3 Å². The summed E-state index contributed by atoms with van der Waals surface area (Å²) < 4.78 is 0. The summed E-state index contributed by atoms with van der Waals surface area (Å²) in [7, 11) is 1.40. The van der Waals surface area contributed by atoms with Crippen molar-refractivity contribution >= 4 is 35.0 Å². The summed E-state index contributed by atoms with van der Waals surface area (Å²) >= 11 is 5.82. The van der Waals surface area contributed by atoms with Gasteiger partial charge in [-0.2, -0.15) is 5.10 Å². The minimum absolute atomic E-state index is 0.128. The lowest BCUT2D eigenvalue weighted by Gasteiger charge is -2.03. The Morgan fingerprint density at radius 3 is 2.45 bits per heavy atom. The number of anilines is 1. The zero-order valence-corrected chi connectivity index (χ0v) is 12.6. The van der Waals surface area contributed by atoms with E-state index in [0.717, 1.165) is 0 Å². The van der Waals surface area contributed by atoms with Crippen LogP contribution in [0.25, 0.3) is 0 Å². The number of nitrogens with zero attached hydrogens (tertiary/aromatic N) is 2. The third-order valence-corrected chi connectivity index (χ3v) is 2.95. The number of benzene rings is 2. The van der Waals surface area contributed by atoms with Crippen molar-refractivity contribution in [3.8, 4) is 0 Å². The molecule has 0 bridgehead atoms. The summed E-state index contributed by atoms with van der Waals surface area (Å²) in [5.74, 6) is -0.261. The highest BCUT2D eigenvalue weighted by Gasteiger charge is 2.12. The van der Waals surface area contributed by atoms with Crippen LogP contribution >= 0.6 is 11.6 Å². The van der Waals surface area contributed by atoms with Gasteiger partial charge in [0.25, 0.3) is 0 Å². The summed E-state index contributed by atoms with van der Waals surface area (Å²) in [4.78, 5) is 17.0. The SMILES string of the molecule is CO/N=C\C(=N\Nc1ccc(Cl)cc1)C(=O)c1ccccc1. The zero-order chi connectivity index (χ0) is 15.8. The molecule has 1 N–H and O–H groups in total. The van der Waals surface area contributed by atoms with E-state index in [1.54, 1.807) is 48.5 Å². The Balaban J connectivity index is 2.22. The number of ketones is 1. The van der Waals surface area contributed by atoms with Crippen LogP contribution in [0.3, 0.4) is 0 Å². The highest BCUT2D eigenvalue weighted by atomic mass is 35.5. The average molecular weight is 316 g/mol. The number of nitrogens with one attached hydrogen (secondary N) is 1. The number of halogens is 1. The van der Waals surface area contributed by atoms with Crippen molar-refractivity contribution < 1.29 is 9.63 Å². The quantitative estimate of drug-likeness (QED) is 0.503. The van der Waals surface area contributed by atoms with Gasteiger partial charge in [-0.05, 0) is 24.3 Å². The molecule has 0 atom stereocenters. The Morgan fingerprint density at radius 1 is 1.14 bits per heavy atom. The van der Waals surface area contributed by atoms with E-state index in [2.05, 4.69) is 20.5 Å². The largest absolute Gasteiger partial charge is 0.399 e. The van der Waals surface area contributed by atoms with E-state index in [-0.39, 0.29) is 11.5 Å². The molecule has 0 unspecified atom stereocenters. The van der Waals surface area contributed by atoms with Crippen molar-refractivity contribution in [2.45, 2.75) is 0 Å². The third-order valence-electron chi connectivity index (χ3n) is 2.70. The molecule has 0 saturated carbocycles. The topological polar surface area (TPSA) is 63.1 Å². The number of carbonyl (C=O) groups excluding carboxylic acids is 1. The minimum atomic E-state index is -0.261. The van der Waals surface area contributed by atoms with Crippen LogP contribution in [0.5, 0.6) is 0 Å². The van der Waals surface area contributed by atoms with Gasteiger partial charge in [-0.1, -0.05) is 47.1 Å². The van der Waals surface area contributed by atoms with Crippen molar-refractivity contribution in [3.63, 3.8) is 0 Å². The van der Waals surface area contributed by atoms with Crippen LogP contribution in [-0.2, 0) is 4.84 Å². The van der Waals surface area contributed by atoms with Crippen LogP contribution in [0.1, 0.15) is 10.4 Å². The molecule has 0 aliphatic carbocycles. The van der Waals surface area contributed by atoms with Gasteiger partial charge in [0.2, 0.25) is 5.78 Å². The predicted molar refractivity (Wildman–Crippen MR) is 88.8 cm³/mol. The first-order chi connectivity index (χ1) is 10.7. The second-order valence-electron chi connectivity index (χ2n) is 4.23. The molecule has 0 amide bonds. The first-order valence-corrected chi connectivity index (χ1v) is 6.84. The van der Waals surface area contributed by atoms with E-state index in [9.17, 15) is 4.79 Å². The van der Waals surface area contributed by atoms with E-state index in [4.69, 9.17) is 11.6 Å². The molecule has 0 aliphatic heterocycles. The molecule has 2 rings (SSSR count). The van der Waals surface area contributed by atoms with Crippen LogP contribution in [0.4, 0.5) is 5.69 Å². The number of rotatable bonds is 6. The number of hydrazone groups is 1. The number of hydrogen-bond donors (Lipinski definition) is 1. The summed E-state index contributed by atoms with van der Waals surface area (Å²) in [5, 5.41) is 8.31. The molecule has 22 heavy (non-hydrogen) atoms. The summed E-state index contributed by atoms with van der Waals surface area (Å²) in [5.41, 5.74) is 4.14. The first kappa shape index (κ1) is 15.7. The van der Waals surface area contributed by atoms with Gasteiger partial charge in [0, 0.05) is 10.6 Å². The van der Waals surface area contributed by atoms with E-state index < -0.39 is 0 Å². The Hall–Kier alpha value is -2.66. The van der Waals surface area contributed by atoms with E-state index in [1.807, 2.05) is 6.07 Å². The number of hydrogen-bond acceptors (Lipinski definition) is 5. The molecule has 0 spiro atoms. The molecule has 0 fully saturated rings. The number of oxime groups is 1. The van der Waals surface area contributed by atoms with Crippen LogP contribution in [0, 0.1) is 0 Å². The second-order valence-corrected chi connectivity index (χ2v) is 4.66. The third kappa shape index (κ3) is 4.43. The number of Topliss-reactive ketones (excluding diaryl/α,β-unsaturated/α-hetero) is 1. The summed E-state index contributed by atoms with van der Waals surface area (Å²) in [6, 6.07) is 15.8. The maximum atomic E-state index is 12.4. The molecule has 0 heterocycles. The number of carbonyl (C=O) groups is 1. The van der Waals surface area contributed by atoms with Gasteiger partial charge < -0.3 is 4.84 Å². The molecule has 2 aromatic rings. The van der Waals surface area contributed by atoms with Gasteiger partial charge >= 0.3 is 0 Å². The van der Waals surface area contributed by atoms with Crippen LogP contribution in [-0.4, -0.2) is 24.8 Å². The smallest absolute Gasteiger partial charge is 0.214 e. The Labute approximate surface area is 133 Å². The van der Waals surface area contributed by atoms with Crippen LogP contribution in [0.15, 0.2) is 64.9 Å². The molecule has 0 aromatic heterocycles. The van der Waals surface area contributed by atoms with Gasteiger partial charge in [-0.25, -0.2) is 0 Å². The van der Waals surface area contributed by atoms with Gasteiger partial charge in [0.05, 0.1) is 11.9 Å². The van der Waals surface area contributed by atoms with Gasteiger partial charge in [0.1, 0.15) is 7.11 Å². The van der Waals surface area contributed by atoms with Gasteiger partial charge in [-0.3, -0.25) is 10.2 Å². The maximum Gasteiger partial charge on any atom is 0.214 e. The Morgan fingerprint density at radius 2 is 1.82 bits per heavy atom. The van der Waals surface area contributed by atoms with Gasteiger partial charge in [0.15, 0.2) is 5.71 Å². The molecule has 5 nitrogen and oxygen atoms in total. The Bertz CT molecular complexity index is 682. The van der Waals surface area contributed by atoms with Gasteiger partial charge in [-0.15, -0.1) is 0 Å². The molecular formula is C16H14ClN3O2. The van der Waals surface area contributed by atoms with Crippen molar-refractivity contribution in [1.82, 2.24) is 0 Å². The highest BCUT2D eigenvalue weighted by molar-refractivity contribution is 6.64. The predicted octanol–water partition coefficient (Wildman–Crippen LogP) is 3.62. The summed E-state index contributed by atoms with van der Waals surface area (Å²) in [6.45, 7) is 0. The van der Waals surface area contributed by atoms with E-state index >= 15 is 0 Å². The van der Waals surface area contributed by atoms with E-state index in [0.29, 0.717) is 16.3 Å². The zero-order valence-electron chi connectivity index (χ0n) is 11.9. The fraction of sp³-hybridized carbons (Fsp3) is 0.0625. The second kappa shape index (κ2) is 7.95. The average Bonchev–Trinajstić information content (AvgIpc) is 2.57. The molecule has 0 saturated heterocycles. The molecule has 112 valence electrons. The van der Waals surface area contributed by atoms with Crippen molar-refractivity contribution in [3.05, 3.63) is 65.2 Å². The lowest BCUT2D eigenvalue weighted by atomic mass is 10.1. The fourth-order valence-electron chi connectivity index (χ4n) is 1.63. The molecule has 6 heteroatoms. The van der Waals surface area contributed by atoms with Crippen molar-refractivity contribution in [1.29, 1.82) is 0 Å². The monoisotopic (exact) mass is 315 g/mol. The highest BCUT2D eigenvalue weighted by Crippen LogP contribution is 2.13. The van der Waals surface area contributed by atoms with Crippen LogP contribution < -0.4 is 5.43 Å². The Kier molecular flexibility index (Phi) is 5.68. The molecular weight excluding hydrogens is 302 g/mol. The normalized spacial score (nSPS) is 11.5. The van der Waals surface area contributed by atoms with Crippen LogP contribution in [0.2, 0.25) is 5.02 Å². The first-order valence-electron chi connectivity index (χ1n) is 6.46. The molecule has 0 radical (unpaired) electrons. The molecule has 0 aliphatic rings. The minimum Gasteiger partial charge on any atom is -0.399 e. The maximum absolute atomic E-state index is 12.4. The summed E-state index contributed by atoms with van der Waals surface area (Å²) in [6.07, 6.45) is 1.26. The van der Waals surface area contributed by atoms with Crippen molar-refractivity contribution in [2.75, 3.05) is 12.5 Å².